The molecule has 3 rings (SSSR count). The zero-order valence-corrected chi connectivity index (χ0v) is 12.7. The van der Waals surface area contributed by atoms with Crippen molar-refractivity contribution in [2.75, 3.05) is 26.2 Å². The van der Waals surface area contributed by atoms with Crippen LogP contribution in [0.15, 0.2) is 34.4 Å². The van der Waals surface area contributed by atoms with E-state index >= 15 is 0 Å². The maximum absolute atomic E-state index is 12.3. The van der Waals surface area contributed by atoms with Gasteiger partial charge >= 0.3 is 0 Å². The summed E-state index contributed by atoms with van der Waals surface area (Å²) in [6.07, 6.45) is 2.63. The van der Waals surface area contributed by atoms with Gasteiger partial charge in [0.25, 0.3) is 15.9 Å². The van der Waals surface area contributed by atoms with Crippen LogP contribution >= 0.6 is 11.3 Å². The second kappa shape index (κ2) is 5.58. The van der Waals surface area contributed by atoms with E-state index in [2.05, 4.69) is 9.97 Å². The molecule has 9 heteroatoms. The molecule has 0 saturated carbocycles. The fourth-order valence-electron chi connectivity index (χ4n) is 2.22. The number of nitrogens with one attached hydrogen (secondary N) is 1. The monoisotopic (exact) mass is 326 g/mol. The standard InChI is InChI=1S/C12H14N4O3S2/c17-12(10-1-6-20-8-10)15-2-4-16(5-3-15)21(18,19)11-7-13-9-14-11/h1,6-9H,2-5H2,(H,13,14). The Balaban J connectivity index is 1.67. The molecule has 0 spiro atoms. The second-order valence-electron chi connectivity index (χ2n) is 4.62. The molecule has 1 fully saturated rings. The van der Waals surface area contributed by atoms with Gasteiger partial charge in [0.1, 0.15) is 0 Å². The summed E-state index contributed by atoms with van der Waals surface area (Å²) < 4.78 is 26.0. The van der Waals surface area contributed by atoms with Gasteiger partial charge in [0, 0.05) is 31.6 Å². The third-order valence-corrected chi connectivity index (χ3v) is 5.89. The molecule has 0 radical (unpaired) electrons. The van der Waals surface area contributed by atoms with Crippen molar-refractivity contribution in [3.8, 4) is 0 Å². The molecule has 2 aromatic rings. The van der Waals surface area contributed by atoms with Crippen LogP contribution in [0.4, 0.5) is 0 Å². The minimum absolute atomic E-state index is 0.0464. The number of carbonyl (C=O) groups excluding carboxylic acids is 1. The van der Waals surface area contributed by atoms with E-state index in [1.165, 1.54) is 28.2 Å². The highest BCUT2D eigenvalue weighted by Gasteiger charge is 2.31. The normalized spacial score (nSPS) is 17.0. The van der Waals surface area contributed by atoms with Crippen LogP contribution in [0.5, 0.6) is 0 Å². The Morgan fingerprint density at radius 1 is 1.29 bits per heavy atom. The smallest absolute Gasteiger partial charge is 0.260 e. The van der Waals surface area contributed by atoms with Gasteiger partial charge in [0.2, 0.25) is 0 Å². The van der Waals surface area contributed by atoms with Crippen LogP contribution in [-0.4, -0.2) is 59.7 Å². The van der Waals surface area contributed by atoms with E-state index in [9.17, 15) is 13.2 Å². The van der Waals surface area contributed by atoms with Crippen LogP contribution in [0.25, 0.3) is 0 Å². The summed E-state index contributed by atoms with van der Waals surface area (Å²) in [7, 11) is -3.54. The van der Waals surface area contributed by atoms with Crippen LogP contribution in [0.1, 0.15) is 10.4 Å². The van der Waals surface area contributed by atoms with Crippen molar-refractivity contribution in [1.29, 1.82) is 0 Å². The molecular formula is C12H14N4O3S2. The maximum atomic E-state index is 12.3. The molecule has 1 aliphatic rings. The minimum atomic E-state index is -3.54. The number of piperazine rings is 1. The Morgan fingerprint density at radius 2 is 2.05 bits per heavy atom. The summed E-state index contributed by atoms with van der Waals surface area (Å²) in [6.45, 7) is 1.36. The first-order valence-electron chi connectivity index (χ1n) is 6.39. The van der Waals surface area contributed by atoms with Gasteiger partial charge in [0.05, 0.1) is 18.1 Å². The number of imidazole rings is 1. The number of H-pyrrole nitrogens is 1. The van der Waals surface area contributed by atoms with E-state index < -0.39 is 10.0 Å². The number of amides is 1. The Bertz CT molecular complexity index is 702. The van der Waals surface area contributed by atoms with Gasteiger partial charge < -0.3 is 9.88 Å². The van der Waals surface area contributed by atoms with Gasteiger partial charge in [-0.15, -0.1) is 0 Å². The van der Waals surface area contributed by atoms with E-state index in [1.807, 2.05) is 5.38 Å². The quantitative estimate of drug-likeness (QED) is 0.896. The average molecular weight is 326 g/mol. The molecule has 112 valence electrons. The fraction of sp³-hybridized carbons (Fsp3) is 0.333. The molecule has 21 heavy (non-hydrogen) atoms. The Hall–Kier alpha value is -1.71. The fourth-order valence-corrected chi connectivity index (χ4v) is 4.17. The summed E-state index contributed by atoms with van der Waals surface area (Å²) in [5, 5.41) is 3.74. The predicted molar refractivity (Wildman–Crippen MR) is 77.6 cm³/mol. The summed E-state index contributed by atoms with van der Waals surface area (Å²) in [5.41, 5.74) is 0.657. The Kier molecular flexibility index (Phi) is 3.79. The van der Waals surface area contributed by atoms with Crippen molar-refractivity contribution in [2.24, 2.45) is 0 Å². The van der Waals surface area contributed by atoms with Crippen molar-refractivity contribution in [1.82, 2.24) is 19.2 Å². The second-order valence-corrected chi connectivity index (χ2v) is 7.31. The van der Waals surface area contributed by atoms with Crippen molar-refractivity contribution in [3.05, 3.63) is 34.9 Å². The van der Waals surface area contributed by atoms with Crippen molar-refractivity contribution in [2.45, 2.75) is 5.03 Å². The molecule has 0 unspecified atom stereocenters. The van der Waals surface area contributed by atoms with E-state index in [4.69, 9.17) is 0 Å². The summed E-state index contributed by atoms with van der Waals surface area (Å²) in [6, 6.07) is 1.78. The van der Waals surface area contributed by atoms with Crippen LogP contribution in [0, 0.1) is 0 Å². The molecule has 1 saturated heterocycles. The minimum Gasteiger partial charge on any atom is -0.336 e. The van der Waals surface area contributed by atoms with Crippen molar-refractivity contribution in [3.63, 3.8) is 0 Å². The molecular weight excluding hydrogens is 312 g/mol. The van der Waals surface area contributed by atoms with E-state index in [0.717, 1.165) is 0 Å². The van der Waals surface area contributed by atoms with E-state index in [0.29, 0.717) is 18.7 Å². The number of thiophene rings is 1. The first-order chi connectivity index (χ1) is 10.1. The van der Waals surface area contributed by atoms with Gasteiger partial charge in [-0.3, -0.25) is 4.79 Å². The lowest BCUT2D eigenvalue weighted by molar-refractivity contribution is 0.0698. The highest BCUT2D eigenvalue weighted by molar-refractivity contribution is 7.89. The van der Waals surface area contributed by atoms with Gasteiger partial charge in [-0.25, -0.2) is 13.4 Å². The lowest BCUT2D eigenvalue weighted by atomic mass is 10.2. The Morgan fingerprint density at radius 3 is 2.62 bits per heavy atom. The third-order valence-electron chi connectivity index (χ3n) is 3.38. The highest BCUT2D eigenvalue weighted by atomic mass is 32.2. The molecule has 7 nitrogen and oxygen atoms in total. The molecule has 0 aliphatic carbocycles. The first kappa shape index (κ1) is 14.2. The number of nitrogens with zero attached hydrogens (tertiary/aromatic N) is 3. The number of aromatic amines is 1. The van der Waals surface area contributed by atoms with Crippen LogP contribution < -0.4 is 0 Å². The summed E-state index contributed by atoms with van der Waals surface area (Å²) >= 11 is 1.47. The van der Waals surface area contributed by atoms with E-state index in [-0.39, 0.29) is 24.0 Å². The summed E-state index contributed by atoms with van der Waals surface area (Å²) in [5.74, 6) is -0.0464. The summed E-state index contributed by atoms with van der Waals surface area (Å²) in [4.78, 5) is 20.2. The number of sulfonamides is 1. The molecule has 1 amide bonds. The van der Waals surface area contributed by atoms with Gasteiger partial charge in [-0.1, -0.05) is 0 Å². The average Bonchev–Trinajstić information content (AvgIpc) is 3.19. The highest BCUT2D eigenvalue weighted by Crippen LogP contribution is 2.17. The third kappa shape index (κ3) is 2.71. The number of hydrogen-bond donors (Lipinski definition) is 1. The topological polar surface area (TPSA) is 86.4 Å². The SMILES string of the molecule is O=C(c1ccsc1)N1CCN(S(=O)(=O)c2cnc[nH]2)CC1. The zero-order chi connectivity index (χ0) is 14.9. The largest absolute Gasteiger partial charge is 0.336 e. The molecule has 3 heterocycles. The van der Waals surface area contributed by atoms with Gasteiger partial charge in [0.15, 0.2) is 5.03 Å². The van der Waals surface area contributed by atoms with Crippen LogP contribution in [-0.2, 0) is 10.0 Å². The lowest BCUT2D eigenvalue weighted by Crippen LogP contribution is -2.50. The zero-order valence-electron chi connectivity index (χ0n) is 11.1. The molecule has 0 aromatic carbocycles. The lowest BCUT2D eigenvalue weighted by Gasteiger charge is -2.33. The molecule has 1 N–H and O–H groups in total. The number of rotatable bonds is 3. The first-order valence-corrected chi connectivity index (χ1v) is 8.77. The molecule has 2 aromatic heterocycles. The molecule has 0 bridgehead atoms. The van der Waals surface area contributed by atoms with Crippen LogP contribution in [0.3, 0.4) is 0 Å². The van der Waals surface area contributed by atoms with Crippen molar-refractivity contribution >= 4 is 27.3 Å². The molecule has 1 aliphatic heterocycles. The number of aromatic nitrogens is 2. The Labute approximate surface area is 126 Å². The van der Waals surface area contributed by atoms with E-state index in [1.54, 1.807) is 16.3 Å². The molecule has 0 atom stereocenters. The maximum Gasteiger partial charge on any atom is 0.260 e. The van der Waals surface area contributed by atoms with Gasteiger partial charge in [-0.2, -0.15) is 15.6 Å². The van der Waals surface area contributed by atoms with Crippen LogP contribution in [0.2, 0.25) is 0 Å². The number of hydrogen-bond acceptors (Lipinski definition) is 5. The van der Waals surface area contributed by atoms with Gasteiger partial charge in [-0.05, 0) is 11.4 Å². The van der Waals surface area contributed by atoms with Crippen molar-refractivity contribution < 1.29 is 13.2 Å². The number of carbonyl (C=O) groups is 1. The predicted octanol–water partition coefficient (Wildman–Crippen LogP) is 0.618.